The molecule has 64 valence electrons. The second-order valence-corrected chi connectivity index (χ2v) is 3.10. The minimum absolute atomic E-state index is 0.329. The van der Waals surface area contributed by atoms with Crippen LogP contribution in [0, 0.1) is 11.2 Å². The van der Waals surface area contributed by atoms with E-state index in [9.17, 15) is 4.39 Å². The largest absolute Gasteiger partial charge is 0.388 e. The van der Waals surface area contributed by atoms with Crippen LogP contribution in [0.25, 0.3) is 0 Å². The molecule has 0 aliphatic carbocycles. The van der Waals surface area contributed by atoms with Crippen LogP contribution >= 0.6 is 15.9 Å². The van der Waals surface area contributed by atoms with E-state index in [0.717, 1.165) is 0 Å². The van der Waals surface area contributed by atoms with Crippen LogP contribution in [0.15, 0.2) is 16.6 Å². The molecule has 0 aliphatic rings. The van der Waals surface area contributed by atoms with E-state index in [1.807, 2.05) is 0 Å². The van der Waals surface area contributed by atoms with Gasteiger partial charge >= 0.3 is 0 Å². The summed E-state index contributed by atoms with van der Waals surface area (Å²) in [6.45, 7) is 0. The standard InChI is InChI=1S/C8H8BrFN2/c1-12-8-3-7(10)6(9)2-5(8)4-11/h2-4,11-12H,1H3. The number of anilines is 1. The number of hydrogen-bond acceptors (Lipinski definition) is 2. The Labute approximate surface area is 78.4 Å². The lowest BCUT2D eigenvalue weighted by Gasteiger charge is -2.05. The van der Waals surface area contributed by atoms with Gasteiger partial charge in [-0.3, -0.25) is 0 Å². The minimum atomic E-state index is -0.329. The number of benzene rings is 1. The van der Waals surface area contributed by atoms with Crippen LogP contribution in [0.2, 0.25) is 0 Å². The van der Waals surface area contributed by atoms with Crippen molar-refractivity contribution >= 4 is 27.8 Å². The predicted octanol–water partition coefficient (Wildman–Crippen LogP) is 2.63. The Morgan fingerprint density at radius 2 is 2.25 bits per heavy atom. The Hall–Kier alpha value is -0.900. The van der Waals surface area contributed by atoms with Gasteiger partial charge in [-0.15, -0.1) is 0 Å². The number of hydrogen-bond donors (Lipinski definition) is 2. The Morgan fingerprint density at radius 1 is 1.58 bits per heavy atom. The fourth-order valence-corrected chi connectivity index (χ4v) is 1.26. The maximum atomic E-state index is 12.9. The van der Waals surface area contributed by atoms with Crippen LogP contribution in [-0.4, -0.2) is 13.3 Å². The molecule has 2 nitrogen and oxygen atoms in total. The van der Waals surface area contributed by atoms with Crippen LogP contribution in [0.5, 0.6) is 0 Å². The molecular weight excluding hydrogens is 223 g/mol. The summed E-state index contributed by atoms with van der Waals surface area (Å²) >= 11 is 3.04. The summed E-state index contributed by atoms with van der Waals surface area (Å²) in [5, 5.41) is 9.85. The van der Waals surface area contributed by atoms with Gasteiger partial charge in [0, 0.05) is 24.5 Å². The van der Waals surface area contributed by atoms with Gasteiger partial charge in [-0.1, -0.05) is 0 Å². The molecule has 0 amide bonds. The Morgan fingerprint density at radius 3 is 2.75 bits per heavy atom. The molecule has 1 aromatic rings. The highest BCUT2D eigenvalue weighted by Gasteiger charge is 2.04. The van der Waals surface area contributed by atoms with E-state index in [1.54, 1.807) is 13.1 Å². The number of nitrogens with one attached hydrogen (secondary N) is 2. The molecule has 0 unspecified atom stereocenters. The van der Waals surface area contributed by atoms with Gasteiger partial charge in [-0.2, -0.15) is 0 Å². The smallest absolute Gasteiger partial charge is 0.139 e. The molecule has 0 heterocycles. The van der Waals surface area contributed by atoms with Crippen LogP contribution in [0.1, 0.15) is 5.56 Å². The van der Waals surface area contributed by atoms with E-state index in [2.05, 4.69) is 21.2 Å². The highest BCUT2D eigenvalue weighted by molar-refractivity contribution is 9.10. The fourth-order valence-electron chi connectivity index (χ4n) is 0.898. The molecule has 1 rings (SSSR count). The molecule has 0 saturated carbocycles. The van der Waals surface area contributed by atoms with E-state index >= 15 is 0 Å². The Balaban J connectivity index is 3.28. The molecule has 4 heteroatoms. The van der Waals surface area contributed by atoms with Gasteiger partial charge < -0.3 is 10.7 Å². The van der Waals surface area contributed by atoms with Crippen molar-refractivity contribution in [1.29, 1.82) is 5.41 Å². The van der Waals surface area contributed by atoms with Gasteiger partial charge in [0.05, 0.1) is 4.47 Å². The van der Waals surface area contributed by atoms with Gasteiger partial charge in [0.25, 0.3) is 0 Å². The molecule has 0 aromatic heterocycles. The summed E-state index contributed by atoms with van der Waals surface area (Å²) in [7, 11) is 1.69. The van der Waals surface area contributed by atoms with E-state index in [0.29, 0.717) is 15.7 Å². The minimum Gasteiger partial charge on any atom is -0.388 e. The first-order valence-electron chi connectivity index (χ1n) is 3.36. The van der Waals surface area contributed by atoms with Gasteiger partial charge in [0.15, 0.2) is 0 Å². The second kappa shape index (κ2) is 3.67. The first-order valence-corrected chi connectivity index (χ1v) is 4.15. The van der Waals surface area contributed by atoms with Crippen molar-refractivity contribution in [3.63, 3.8) is 0 Å². The highest BCUT2D eigenvalue weighted by Crippen LogP contribution is 2.22. The van der Waals surface area contributed by atoms with Crippen molar-refractivity contribution in [1.82, 2.24) is 0 Å². The lowest BCUT2D eigenvalue weighted by atomic mass is 10.2. The third-order valence-corrected chi connectivity index (χ3v) is 2.12. The fraction of sp³-hybridized carbons (Fsp3) is 0.125. The summed E-state index contributed by atoms with van der Waals surface area (Å²) in [4.78, 5) is 0. The second-order valence-electron chi connectivity index (χ2n) is 2.25. The van der Waals surface area contributed by atoms with Crippen LogP contribution in [-0.2, 0) is 0 Å². The summed E-state index contributed by atoms with van der Waals surface area (Å²) in [6.07, 6.45) is 1.18. The molecule has 12 heavy (non-hydrogen) atoms. The Kier molecular flexibility index (Phi) is 2.81. The molecule has 0 bridgehead atoms. The van der Waals surface area contributed by atoms with E-state index in [-0.39, 0.29) is 5.82 Å². The van der Waals surface area contributed by atoms with Crippen molar-refractivity contribution in [3.05, 3.63) is 28.0 Å². The molecule has 1 aromatic carbocycles. The summed E-state index contributed by atoms with van der Waals surface area (Å²) in [5.41, 5.74) is 1.27. The summed E-state index contributed by atoms with van der Waals surface area (Å²) in [6, 6.07) is 2.92. The van der Waals surface area contributed by atoms with Crippen molar-refractivity contribution in [3.8, 4) is 0 Å². The molecule has 0 saturated heterocycles. The molecule has 0 fully saturated rings. The zero-order chi connectivity index (χ0) is 9.14. The van der Waals surface area contributed by atoms with Crippen molar-refractivity contribution in [2.75, 3.05) is 12.4 Å². The van der Waals surface area contributed by atoms with Crippen LogP contribution in [0.4, 0.5) is 10.1 Å². The van der Waals surface area contributed by atoms with Crippen LogP contribution in [0.3, 0.4) is 0 Å². The maximum absolute atomic E-state index is 12.9. The monoisotopic (exact) mass is 230 g/mol. The predicted molar refractivity (Wildman–Crippen MR) is 51.5 cm³/mol. The molecule has 0 radical (unpaired) electrons. The molecule has 0 atom stereocenters. The Bertz CT molecular complexity index is 312. The average Bonchev–Trinajstić information content (AvgIpc) is 2.09. The molecule has 0 spiro atoms. The lowest BCUT2D eigenvalue weighted by Crippen LogP contribution is -1.95. The lowest BCUT2D eigenvalue weighted by molar-refractivity contribution is 0.621. The van der Waals surface area contributed by atoms with Crippen LogP contribution < -0.4 is 5.32 Å². The van der Waals surface area contributed by atoms with Gasteiger partial charge in [-0.25, -0.2) is 4.39 Å². The molecular formula is C8H8BrFN2. The zero-order valence-electron chi connectivity index (χ0n) is 6.49. The van der Waals surface area contributed by atoms with Gasteiger partial charge in [-0.05, 0) is 28.1 Å². The first kappa shape index (κ1) is 9.19. The van der Waals surface area contributed by atoms with E-state index < -0.39 is 0 Å². The van der Waals surface area contributed by atoms with Gasteiger partial charge in [0.2, 0.25) is 0 Å². The van der Waals surface area contributed by atoms with Crippen molar-refractivity contribution in [2.24, 2.45) is 0 Å². The highest BCUT2D eigenvalue weighted by atomic mass is 79.9. The van der Waals surface area contributed by atoms with Gasteiger partial charge in [0.1, 0.15) is 5.82 Å². The molecule has 0 aliphatic heterocycles. The third kappa shape index (κ3) is 1.64. The quantitative estimate of drug-likeness (QED) is 0.754. The summed E-state index contributed by atoms with van der Waals surface area (Å²) in [5.74, 6) is -0.329. The SMILES string of the molecule is CNc1cc(F)c(Br)cc1C=N. The van der Waals surface area contributed by atoms with E-state index in [1.165, 1.54) is 12.3 Å². The van der Waals surface area contributed by atoms with E-state index in [4.69, 9.17) is 5.41 Å². The zero-order valence-corrected chi connectivity index (χ0v) is 8.07. The normalized spacial score (nSPS) is 9.58. The third-order valence-electron chi connectivity index (χ3n) is 1.52. The van der Waals surface area contributed by atoms with Crippen molar-refractivity contribution in [2.45, 2.75) is 0 Å². The first-order chi connectivity index (χ1) is 5.69. The number of halogens is 2. The molecule has 2 N–H and O–H groups in total. The topological polar surface area (TPSA) is 35.9 Å². The maximum Gasteiger partial charge on any atom is 0.139 e. The number of rotatable bonds is 2. The average molecular weight is 231 g/mol. The van der Waals surface area contributed by atoms with Crippen molar-refractivity contribution < 1.29 is 4.39 Å². The summed E-state index contributed by atoms with van der Waals surface area (Å²) < 4.78 is 13.3.